The summed E-state index contributed by atoms with van der Waals surface area (Å²) in [7, 11) is 2.13. The van der Waals surface area contributed by atoms with Gasteiger partial charge in [-0.05, 0) is 43.4 Å². The van der Waals surface area contributed by atoms with Gasteiger partial charge in [0.05, 0.1) is 18.2 Å². The fourth-order valence-electron chi connectivity index (χ4n) is 3.08. The summed E-state index contributed by atoms with van der Waals surface area (Å²) in [6, 6.07) is 11.3. The van der Waals surface area contributed by atoms with Crippen LogP contribution in [0.5, 0.6) is 0 Å². The fraction of sp³-hybridized carbons (Fsp3) is 0.250. The van der Waals surface area contributed by atoms with Gasteiger partial charge in [-0.1, -0.05) is 0 Å². The van der Waals surface area contributed by atoms with Crippen LogP contribution in [0.25, 0.3) is 5.69 Å². The zero-order chi connectivity index (χ0) is 18.6. The largest absolute Gasteiger partial charge is 0.354 e. The quantitative estimate of drug-likeness (QED) is 0.771. The number of nitrogens with zero attached hydrogens (tertiary/aromatic N) is 5. The molecule has 1 fully saturated rings. The molecule has 7 heteroatoms. The number of rotatable bonds is 4. The number of benzene rings is 1. The molecule has 27 heavy (non-hydrogen) atoms. The van der Waals surface area contributed by atoms with Crippen LogP contribution in [0, 0.1) is 0 Å². The van der Waals surface area contributed by atoms with Crippen molar-refractivity contribution in [3.05, 3.63) is 66.9 Å². The molecule has 0 radical (unpaired) electrons. The summed E-state index contributed by atoms with van der Waals surface area (Å²) < 4.78 is 1.89. The molecule has 2 aromatic heterocycles. The molecule has 0 aliphatic carbocycles. The second-order valence-corrected chi connectivity index (χ2v) is 6.67. The van der Waals surface area contributed by atoms with E-state index in [0.29, 0.717) is 11.3 Å². The van der Waals surface area contributed by atoms with Gasteiger partial charge >= 0.3 is 0 Å². The van der Waals surface area contributed by atoms with Gasteiger partial charge in [-0.15, -0.1) is 0 Å². The van der Waals surface area contributed by atoms with E-state index in [-0.39, 0.29) is 5.91 Å². The van der Waals surface area contributed by atoms with Crippen molar-refractivity contribution in [1.29, 1.82) is 0 Å². The Bertz CT molecular complexity index is 881. The van der Waals surface area contributed by atoms with Crippen LogP contribution < -0.4 is 10.2 Å². The van der Waals surface area contributed by atoms with Crippen LogP contribution >= 0.6 is 0 Å². The number of nitrogens with one attached hydrogen (secondary N) is 1. The Morgan fingerprint density at radius 3 is 2.44 bits per heavy atom. The molecule has 138 valence electrons. The third-order valence-electron chi connectivity index (χ3n) is 4.77. The maximum absolute atomic E-state index is 12.5. The summed E-state index contributed by atoms with van der Waals surface area (Å²) in [6.07, 6.45) is 7.02. The molecule has 0 atom stereocenters. The molecule has 3 aromatic rings. The SMILES string of the molecule is CN1CCN(c2ccc(NC(=O)c3ccc(-n4ccnc4)cc3)cn2)CC1. The van der Waals surface area contributed by atoms with Crippen molar-refractivity contribution < 1.29 is 4.79 Å². The van der Waals surface area contributed by atoms with Crippen molar-refractivity contribution in [3.63, 3.8) is 0 Å². The zero-order valence-electron chi connectivity index (χ0n) is 15.2. The van der Waals surface area contributed by atoms with Gasteiger partial charge in [-0.25, -0.2) is 9.97 Å². The first-order valence-corrected chi connectivity index (χ1v) is 8.98. The summed E-state index contributed by atoms with van der Waals surface area (Å²) in [6.45, 7) is 4.02. The van der Waals surface area contributed by atoms with E-state index >= 15 is 0 Å². The molecule has 1 aliphatic heterocycles. The highest BCUT2D eigenvalue weighted by Crippen LogP contribution is 2.17. The normalized spacial score (nSPS) is 14.9. The topological polar surface area (TPSA) is 66.3 Å². The predicted octanol–water partition coefficient (Wildman–Crippen LogP) is 2.27. The highest BCUT2D eigenvalue weighted by atomic mass is 16.1. The van der Waals surface area contributed by atoms with Crippen molar-refractivity contribution in [2.75, 3.05) is 43.4 Å². The fourth-order valence-corrected chi connectivity index (χ4v) is 3.08. The third-order valence-corrected chi connectivity index (χ3v) is 4.77. The van der Waals surface area contributed by atoms with Crippen molar-refractivity contribution in [2.45, 2.75) is 0 Å². The smallest absolute Gasteiger partial charge is 0.255 e. The third kappa shape index (κ3) is 3.98. The van der Waals surface area contributed by atoms with E-state index in [1.807, 2.05) is 35.0 Å². The van der Waals surface area contributed by atoms with Crippen LogP contribution in [0.4, 0.5) is 11.5 Å². The zero-order valence-corrected chi connectivity index (χ0v) is 15.2. The second kappa shape index (κ2) is 7.59. The average Bonchev–Trinajstić information content (AvgIpc) is 3.24. The Kier molecular flexibility index (Phi) is 4.84. The number of pyridine rings is 1. The Morgan fingerprint density at radius 2 is 1.81 bits per heavy atom. The van der Waals surface area contributed by atoms with Crippen molar-refractivity contribution in [2.24, 2.45) is 0 Å². The van der Waals surface area contributed by atoms with E-state index in [9.17, 15) is 4.79 Å². The lowest BCUT2D eigenvalue weighted by Gasteiger charge is -2.33. The van der Waals surface area contributed by atoms with E-state index in [2.05, 4.69) is 32.1 Å². The number of imidazole rings is 1. The molecule has 1 aromatic carbocycles. The summed E-state index contributed by atoms with van der Waals surface area (Å²) in [5.41, 5.74) is 2.25. The van der Waals surface area contributed by atoms with Crippen LogP contribution in [-0.2, 0) is 0 Å². The molecule has 0 unspecified atom stereocenters. The number of hydrogen-bond acceptors (Lipinski definition) is 5. The van der Waals surface area contributed by atoms with Crippen LogP contribution in [0.3, 0.4) is 0 Å². The number of hydrogen-bond donors (Lipinski definition) is 1. The molecule has 0 saturated carbocycles. The Morgan fingerprint density at radius 1 is 1.04 bits per heavy atom. The second-order valence-electron chi connectivity index (χ2n) is 6.67. The molecule has 7 nitrogen and oxygen atoms in total. The van der Waals surface area contributed by atoms with E-state index in [1.165, 1.54) is 0 Å². The molecule has 3 heterocycles. The Labute approximate surface area is 158 Å². The summed E-state index contributed by atoms with van der Waals surface area (Å²) in [4.78, 5) is 25.6. The molecule has 4 rings (SSSR count). The van der Waals surface area contributed by atoms with Crippen molar-refractivity contribution >= 4 is 17.4 Å². The summed E-state index contributed by atoms with van der Waals surface area (Å²) >= 11 is 0. The number of carbonyl (C=O) groups is 1. The van der Waals surface area contributed by atoms with Crippen LogP contribution in [0.2, 0.25) is 0 Å². The Balaban J connectivity index is 1.39. The molecular formula is C20H22N6O. The lowest BCUT2D eigenvalue weighted by Crippen LogP contribution is -2.44. The van der Waals surface area contributed by atoms with Gasteiger partial charge in [-0.2, -0.15) is 0 Å². The number of carbonyl (C=O) groups excluding carboxylic acids is 1. The van der Waals surface area contributed by atoms with Gasteiger partial charge in [0.2, 0.25) is 0 Å². The first-order valence-electron chi connectivity index (χ1n) is 8.98. The van der Waals surface area contributed by atoms with E-state index in [1.54, 1.807) is 30.9 Å². The van der Waals surface area contributed by atoms with Gasteiger partial charge in [0.25, 0.3) is 5.91 Å². The van der Waals surface area contributed by atoms with Gasteiger partial charge < -0.3 is 19.7 Å². The van der Waals surface area contributed by atoms with E-state index in [0.717, 1.165) is 37.7 Å². The molecular weight excluding hydrogens is 340 g/mol. The van der Waals surface area contributed by atoms with Gasteiger partial charge in [0.1, 0.15) is 5.82 Å². The highest BCUT2D eigenvalue weighted by molar-refractivity contribution is 6.04. The molecule has 0 spiro atoms. The van der Waals surface area contributed by atoms with Crippen molar-refractivity contribution in [1.82, 2.24) is 19.4 Å². The lowest BCUT2D eigenvalue weighted by atomic mass is 10.2. The minimum Gasteiger partial charge on any atom is -0.354 e. The highest BCUT2D eigenvalue weighted by Gasteiger charge is 2.15. The maximum Gasteiger partial charge on any atom is 0.255 e. The van der Waals surface area contributed by atoms with E-state index < -0.39 is 0 Å². The monoisotopic (exact) mass is 362 g/mol. The minimum atomic E-state index is -0.152. The number of piperazine rings is 1. The van der Waals surface area contributed by atoms with Gasteiger partial charge in [-0.3, -0.25) is 4.79 Å². The van der Waals surface area contributed by atoms with Gasteiger partial charge in [0.15, 0.2) is 0 Å². The number of likely N-dealkylation sites (N-methyl/N-ethyl adjacent to an activating group) is 1. The number of anilines is 2. The van der Waals surface area contributed by atoms with Crippen molar-refractivity contribution in [3.8, 4) is 5.69 Å². The number of aromatic nitrogens is 3. The predicted molar refractivity (Wildman–Crippen MR) is 105 cm³/mol. The van der Waals surface area contributed by atoms with Crippen LogP contribution in [-0.4, -0.2) is 58.6 Å². The standard InChI is InChI=1S/C20H22N6O/c1-24-10-12-25(13-11-24)19-7-4-17(14-22-19)23-20(27)16-2-5-18(6-3-16)26-9-8-21-15-26/h2-9,14-15H,10-13H2,1H3,(H,23,27). The lowest BCUT2D eigenvalue weighted by molar-refractivity contribution is 0.102. The molecule has 1 amide bonds. The molecule has 1 saturated heterocycles. The minimum absolute atomic E-state index is 0.152. The van der Waals surface area contributed by atoms with E-state index in [4.69, 9.17) is 0 Å². The maximum atomic E-state index is 12.5. The summed E-state index contributed by atoms with van der Waals surface area (Å²) in [5, 5.41) is 2.90. The van der Waals surface area contributed by atoms with Crippen LogP contribution in [0.1, 0.15) is 10.4 Å². The first kappa shape index (κ1) is 17.2. The first-order chi connectivity index (χ1) is 13.2. The molecule has 1 N–H and O–H groups in total. The van der Waals surface area contributed by atoms with Crippen LogP contribution in [0.15, 0.2) is 61.3 Å². The average molecular weight is 362 g/mol. The van der Waals surface area contributed by atoms with Gasteiger partial charge in [0, 0.05) is 49.8 Å². The Hall–Kier alpha value is -3.19. The number of amides is 1. The summed E-state index contributed by atoms with van der Waals surface area (Å²) in [5.74, 6) is 0.798. The molecule has 1 aliphatic rings. The molecule has 0 bridgehead atoms.